The second kappa shape index (κ2) is 9.79. The fourth-order valence-electron chi connectivity index (χ4n) is 3.52. The van der Waals surface area contributed by atoms with Crippen LogP contribution in [0, 0.1) is 6.92 Å². The minimum atomic E-state index is -0.481. The average molecular weight is 462 g/mol. The number of hydrogen-bond donors (Lipinski definition) is 1. The van der Waals surface area contributed by atoms with Crippen molar-refractivity contribution in [3.8, 4) is 11.4 Å². The van der Waals surface area contributed by atoms with Crippen LogP contribution in [-0.2, 0) is 9.59 Å². The lowest BCUT2D eigenvalue weighted by atomic mass is 10.3. The number of aromatic nitrogens is 1. The first kappa shape index (κ1) is 22.4. The molecule has 0 saturated carbocycles. The van der Waals surface area contributed by atoms with Crippen molar-refractivity contribution in [3.05, 3.63) is 83.0 Å². The van der Waals surface area contributed by atoms with Crippen molar-refractivity contribution < 1.29 is 19.1 Å². The zero-order valence-electron chi connectivity index (χ0n) is 18.3. The van der Waals surface area contributed by atoms with Crippen LogP contribution in [0.5, 0.6) is 5.75 Å². The molecule has 0 unspecified atom stereocenters. The number of carbonyl (C=O) groups excluding carboxylic acids is 3. The molecule has 0 radical (unpaired) electrons. The van der Waals surface area contributed by atoms with Gasteiger partial charge in [0.1, 0.15) is 12.3 Å². The summed E-state index contributed by atoms with van der Waals surface area (Å²) in [6.07, 6.45) is 1.69. The number of nitrogens with one attached hydrogen (secondary N) is 1. The van der Waals surface area contributed by atoms with Crippen molar-refractivity contribution in [1.82, 2.24) is 9.47 Å². The quantitative estimate of drug-likeness (QED) is 0.508. The molecule has 1 N–H and O–H groups in total. The summed E-state index contributed by atoms with van der Waals surface area (Å²) >= 11 is 0.834. The summed E-state index contributed by atoms with van der Waals surface area (Å²) in [6, 6.07) is 20.5. The first-order valence-electron chi connectivity index (χ1n) is 10.5. The molecule has 0 bridgehead atoms. The van der Waals surface area contributed by atoms with Gasteiger partial charge in [0.15, 0.2) is 0 Å². The highest BCUT2D eigenvalue weighted by atomic mass is 32.2. The fraction of sp³-hybridized carbons (Fsp3) is 0.160. The molecule has 1 saturated heterocycles. The maximum atomic E-state index is 12.9. The Morgan fingerprint density at radius 3 is 2.45 bits per heavy atom. The van der Waals surface area contributed by atoms with Gasteiger partial charge in [-0.3, -0.25) is 19.3 Å². The molecule has 4 rings (SSSR count). The predicted molar refractivity (Wildman–Crippen MR) is 129 cm³/mol. The van der Waals surface area contributed by atoms with E-state index < -0.39 is 17.1 Å². The summed E-state index contributed by atoms with van der Waals surface area (Å²) in [6.45, 7) is 4.06. The van der Waals surface area contributed by atoms with Gasteiger partial charge in [0.2, 0.25) is 5.91 Å². The van der Waals surface area contributed by atoms with Crippen molar-refractivity contribution in [2.45, 2.75) is 13.8 Å². The number of para-hydroxylation sites is 1. The Kier molecular flexibility index (Phi) is 6.65. The lowest BCUT2D eigenvalue weighted by Gasteiger charge is -2.13. The zero-order chi connectivity index (χ0) is 23.4. The molecule has 1 fully saturated rings. The third-order valence-corrected chi connectivity index (χ3v) is 5.93. The normalized spacial score (nSPS) is 14.7. The van der Waals surface area contributed by atoms with E-state index in [9.17, 15) is 14.4 Å². The highest BCUT2D eigenvalue weighted by molar-refractivity contribution is 8.18. The zero-order valence-corrected chi connectivity index (χ0v) is 19.1. The van der Waals surface area contributed by atoms with E-state index in [1.165, 1.54) is 0 Å². The van der Waals surface area contributed by atoms with Gasteiger partial charge in [-0.05, 0) is 80.2 Å². The molecule has 0 aliphatic carbocycles. The molecule has 3 aromatic rings. The highest BCUT2D eigenvalue weighted by Gasteiger charge is 2.36. The number of aryl methyl sites for hydroxylation is 1. The number of benzene rings is 2. The second-order valence-corrected chi connectivity index (χ2v) is 8.34. The molecular weight excluding hydrogens is 438 g/mol. The van der Waals surface area contributed by atoms with E-state index in [4.69, 9.17) is 4.74 Å². The molecule has 2 heterocycles. The van der Waals surface area contributed by atoms with Crippen molar-refractivity contribution in [1.29, 1.82) is 0 Å². The summed E-state index contributed by atoms with van der Waals surface area (Å²) in [7, 11) is 0. The van der Waals surface area contributed by atoms with Crippen molar-refractivity contribution in [3.63, 3.8) is 0 Å². The van der Waals surface area contributed by atoms with E-state index in [1.807, 2.05) is 60.9 Å². The summed E-state index contributed by atoms with van der Waals surface area (Å²) in [5.74, 6) is -0.237. The van der Waals surface area contributed by atoms with Crippen molar-refractivity contribution in [2.24, 2.45) is 0 Å². The highest BCUT2D eigenvalue weighted by Crippen LogP contribution is 2.33. The Labute approximate surface area is 196 Å². The lowest BCUT2D eigenvalue weighted by Crippen LogP contribution is -2.36. The predicted octanol–water partition coefficient (Wildman–Crippen LogP) is 4.86. The third kappa shape index (κ3) is 5.01. The van der Waals surface area contributed by atoms with Crippen molar-refractivity contribution >= 4 is 40.6 Å². The van der Waals surface area contributed by atoms with E-state index >= 15 is 0 Å². The molecule has 3 amide bonds. The lowest BCUT2D eigenvalue weighted by molar-refractivity contribution is -0.127. The number of imide groups is 1. The Hall–Kier alpha value is -3.78. The van der Waals surface area contributed by atoms with E-state index in [1.54, 1.807) is 30.3 Å². The number of hydrogen-bond acceptors (Lipinski definition) is 5. The SMILES string of the molecule is CCOc1ccc(NC(=O)CN2C(=O)S/C(=C\c3ccc(C)n3-c3ccccc3)C2=O)cc1. The summed E-state index contributed by atoms with van der Waals surface area (Å²) < 4.78 is 7.39. The van der Waals surface area contributed by atoms with Gasteiger partial charge < -0.3 is 14.6 Å². The number of anilines is 1. The minimum Gasteiger partial charge on any atom is -0.494 e. The molecule has 2 aromatic carbocycles. The van der Waals surface area contributed by atoms with Gasteiger partial charge in [0, 0.05) is 22.8 Å². The van der Waals surface area contributed by atoms with Gasteiger partial charge in [-0.25, -0.2) is 0 Å². The molecule has 7 nitrogen and oxygen atoms in total. The topological polar surface area (TPSA) is 80.6 Å². The smallest absolute Gasteiger partial charge is 0.294 e. The Morgan fingerprint density at radius 1 is 1.03 bits per heavy atom. The molecule has 1 aromatic heterocycles. The standard InChI is InChI=1S/C25H23N3O4S/c1-3-32-21-13-10-18(11-14-21)26-23(29)16-27-24(30)22(33-25(27)31)15-20-12-9-17(2)28(20)19-7-5-4-6-8-19/h4-15H,3,16H2,1-2H3,(H,26,29)/b22-15-. The fourth-order valence-corrected chi connectivity index (χ4v) is 4.34. The van der Waals surface area contributed by atoms with Gasteiger partial charge in [0.25, 0.3) is 11.1 Å². The van der Waals surface area contributed by atoms with Crippen LogP contribution in [0.2, 0.25) is 0 Å². The molecular formula is C25H23N3O4S. The summed E-state index contributed by atoms with van der Waals surface area (Å²) in [4.78, 5) is 39.1. The van der Waals surface area contributed by atoms with Crippen LogP contribution in [0.4, 0.5) is 10.5 Å². The van der Waals surface area contributed by atoms with Crippen LogP contribution in [0.15, 0.2) is 71.6 Å². The van der Waals surface area contributed by atoms with Crippen LogP contribution in [0.1, 0.15) is 18.3 Å². The van der Waals surface area contributed by atoms with Crippen molar-refractivity contribution in [2.75, 3.05) is 18.5 Å². The Balaban J connectivity index is 1.47. The molecule has 1 aliphatic rings. The van der Waals surface area contributed by atoms with Crippen LogP contribution in [0.3, 0.4) is 0 Å². The number of carbonyl (C=O) groups is 3. The Morgan fingerprint density at radius 2 is 1.76 bits per heavy atom. The van der Waals surface area contributed by atoms with E-state index in [0.29, 0.717) is 18.0 Å². The van der Waals surface area contributed by atoms with Gasteiger partial charge >= 0.3 is 0 Å². The largest absolute Gasteiger partial charge is 0.494 e. The number of rotatable bonds is 7. The van der Waals surface area contributed by atoms with Crippen LogP contribution in [-0.4, -0.2) is 39.7 Å². The van der Waals surface area contributed by atoms with Gasteiger partial charge in [-0.15, -0.1) is 0 Å². The van der Waals surface area contributed by atoms with E-state index in [-0.39, 0.29) is 11.4 Å². The number of ether oxygens (including phenoxy) is 1. The third-order valence-electron chi connectivity index (χ3n) is 5.02. The average Bonchev–Trinajstić information content (AvgIpc) is 3.30. The molecule has 33 heavy (non-hydrogen) atoms. The van der Waals surface area contributed by atoms with E-state index in [2.05, 4.69) is 5.32 Å². The van der Waals surface area contributed by atoms with Gasteiger partial charge in [0.05, 0.1) is 11.5 Å². The second-order valence-electron chi connectivity index (χ2n) is 7.34. The molecule has 1 aliphatic heterocycles. The van der Waals surface area contributed by atoms with Gasteiger partial charge in [-0.2, -0.15) is 0 Å². The van der Waals surface area contributed by atoms with Gasteiger partial charge in [-0.1, -0.05) is 18.2 Å². The number of thioether (sulfide) groups is 1. The monoisotopic (exact) mass is 461 g/mol. The first-order chi connectivity index (χ1) is 16.0. The van der Waals surface area contributed by atoms with Crippen LogP contribution >= 0.6 is 11.8 Å². The number of nitrogens with zero attached hydrogens (tertiary/aromatic N) is 2. The number of amides is 3. The maximum absolute atomic E-state index is 12.9. The van der Waals surface area contributed by atoms with Crippen LogP contribution < -0.4 is 10.1 Å². The summed E-state index contributed by atoms with van der Waals surface area (Å²) in [5.41, 5.74) is 3.30. The molecule has 0 atom stereocenters. The summed E-state index contributed by atoms with van der Waals surface area (Å²) in [5, 5.41) is 2.23. The molecule has 168 valence electrons. The Bertz CT molecular complexity index is 1220. The van der Waals surface area contributed by atoms with Crippen LogP contribution in [0.25, 0.3) is 11.8 Å². The molecule has 0 spiro atoms. The molecule has 8 heteroatoms. The maximum Gasteiger partial charge on any atom is 0.294 e. The minimum absolute atomic E-state index is 0.282. The van der Waals surface area contributed by atoms with E-state index in [0.717, 1.165) is 33.7 Å². The first-order valence-corrected chi connectivity index (χ1v) is 11.3.